The first-order valence-electron chi connectivity index (χ1n) is 8.44. The lowest BCUT2D eigenvalue weighted by Crippen LogP contribution is -2.29. The third kappa shape index (κ3) is 3.26. The van der Waals surface area contributed by atoms with Crippen LogP contribution in [0.1, 0.15) is 6.92 Å². The van der Waals surface area contributed by atoms with E-state index in [1.54, 1.807) is 24.1 Å². The Morgan fingerprint density at radius 1 is 1.08 bits per heavy atom. The lowest BCUT2D eigenvalue weighted by molar-refractivity contribution is 0.133. The molecule has 2 aromatic carbocycles. The number of hydrogen-bond donors (Lipinski definition) is 1. The van der Waals surface area contributed by atoms with Gasteiger partial charge >= 0.3 is 0 Å². The molecule has 6 heteroatoms. The number of benzene rings is 2. The molecule has 1 aliphatic heterocycles. The van der Waals surface area contributed by atoms with Crippen molar-refractivity contribution in [2.24, 2.45) is 5.92 Å². The molecule has 3 nitrogen and oxygen atoms in total. The van der Waals surface area contributed by atoms with E-state index in [2.05, 4.69) is 11.2 Å². The van der Waals surface area contributed by atoms with Crippen LogP contribution in [0.15, 0.2) is 36.4 Å². The van der Waals surface area contributed by atoms with Gasteiger partial charge in [0.1, 0.15) is 11.6 Å². The molecular formula is C19H20F2N2OS. The van der Waals surface area contributed by atoms with Crippen LogP contribution in [-0.2, 0) is 6.54 Å². The Labute approximate surface area is 149 Å². The predicted octanol–water partition coefficient (Wildman–Crippen LogP) is 4.03. The molecule has 0 bridgehead atoms. The molecule has 0 amide bonds. The summed E-state index contributed by atoms with van der Waals surface area (Å²) in [5, 5.41) is 11.9. The molecule has 0 spiro atoms. The van der Waals surface area contributed by atoms with E-state index in [-0.39, 0.29) is 11.6 Å². The molecule has 2 atom stereocenters. The van der Waals surface area contributed by atoms with E-state index in [1.807, 2.05) is 4.57 Å². The molecule has 0 radical (unpaired) electrons. The van der Waals surface area contributed by atoms with E-state index in [0.717, 1.165) is 23.3 Å². The Hall–Kier alpha value is -1.63. The standard InChI is InChI=1S/C19H20F2N2OS/c1-12-8-22(25-11-12)9-15(24)10-23-18-4-2-13(20)6-16(18)17-7-14(21)3-5-19(17)23/h2-7,12,15,24H,8-11H2,1H3. The summed E-state index contributed by atoms with van der Waals surface area (Å²) in [4.78, 5) is 0. The topological polar surface area (TPSA) is 28.4 Å². The first-order valence-corrected chi connectivity index (χ1v) is 9.38. The van der Waals surface area contributed by atoms with Crippen molar-refractivity contribution >= 4 is 33.8 Å². The van der Waals surface area contributed by atoms with Gasteiger partial charge in [0.15, 0.2) is 0 Å². The van der Waals surface area contributed by atoms with Gasteiger partial charge in [-0.2, -0.15) is 0 Å². The number of aliphatic hydroxyl groups excluding tert-OH is 1. The largest absolute Gasteiger partial charge is 0.390 e. The number of nitrogens with zero attached hydrogens (tertiary/aromatic N) is 2. The number of hydrogen-bond acceptors (Lipinski definition) is 3. The SMILES string of the molecule is CC1CSN(CC(O)Cn2c3ccc(F)cc3c3cc(F)ccc32)C1. The summed E-state index contributed by atoms with van der Waals surface area (Å²) < 4.78 is 31.5. The van der Waals surface area contributed by atoms with E-state index in [0.29, 0.717) is 29.8 Å². The van der Waals surface area contributed by atoms with E-state index in [4.69, 9.17) is 0 Å². The second-order valence-electron chi connectivity index (χ2n) is 6.84. The third-order valence-corrected chi connectivity index (χ3v) is 6.04. The van der Waals surface area contributed by atoms with Crippen LogP contribution in [0.2, 0.25) is 0 Å². The van der Waals surface area contributed by atoms with Crippen LogP contribution in [0.3, 0.4) is 0 Å². The van der Waals surface area contributed by atoms with Gasteiger partial charge in [-0.05, 0) is 42.3 Å². The lowest BCUT2D eigenvalue weighted by atomic mass is 10.1. The fourth-order valence-electron chi connectivity index (χ4n) is 3.56. The van der Waals surface area contributed by atoms with Crippen LogP contribution < -0.4 is 0 Å². The van der Waals surface area contributed by atoms with Gasteiger partial charge in [-0.25, -0.2) is 13.1 Å². The van der Waals surface area contributed by atoms with E-state index < -0.39 is 6.10 Å². The van der Waals surface area contributed by atoms with E-state index in [9.17, 15) is 13.9 Å². The van der Waals surface area contributed by atoms with Gasteiger partial charge in [-0.3, -0.25) is 0 Å². The van der Waals surface area contributed by atoms with Crippen LogP contribution >= 0.6 is 11.9 Å². The Morgan fingerprint density at radius 2 is 1.68 bits per heavy atom. The number of fused-ring (bicyclic) bond motifs is 3. The summed E-state index contributed by atoms with van der Waals surface area (Å²) in [5.74, 6) is 1.02. The van der Waals surface area contributed by atoms with Gasteiger partial charge in [0.25, 0.3) is 0 Å². The second kappa shape index (κ2) is 6.59. The maximum Gasteiger partial charge on any atom is 0.123 e. The van der Waals surface area contributed by atoms with Crippen molar-refractivity contribution in [3.05, 3.63) is 48.0 Å². The summed E-state index contributed by atoms with van der Waals surface area (Å²) in [5.41, 5.74) is 1.62. The Morgan fingerprint density at radius 3 is 2.20 bits per heavy atom. The average molecular weight is 362 g/mol. The van der Waals surface area contributed by atoms with Crippen molar-refractivity contribution < 1.29 is 13.9 Å². The predicted molar refractivity (Wildman–Crippen MR) is 98.6 cm³/mol. The normalized spacial score (nSPS) is 19.9. The molecule has 1 N–H and O–H groups in total. The summed E-state index contributed by atoms with van der Waals surface area (Å²) >= 11 is 1.77. The molecule has 1 saturated heterocycles. The molecule has 0 saturated carbocycles. The Bertz CT molecular complexity index is 867. The quantitative estimate of drug-likeness (QED) is 0.710. The average Bonchev–Trinajstić information content (AvgIpc) is 3.09. The maximum absolute atomic E-state index is 13.7. The molecule has 1 fully saturated rings. The zero-order chi connectivity index (χ0) is 17.6. The fourth-order valence-corrected chi connectivity index (χ4v) is 4.77. The van der Waals surface area contributed by atoms with Crippen LogP contribution in [-0.4, -0.2) is 38.9 Å². The fraction of sp³-hybridized carbons (Fsp3) is 0.368. The molecule has 25 heavy (non-hydrogen) atoms. The van der Waals surface area contributed by atoms with Crippen molar-refractivity contribution in [3.63, 3.8) is 0 Å². The van der Waals surface area contributed by atoms with Gasteiger partial charge in [-0.1, -0.05) is 18.9 Å². The molecule has 1 aliphatic rings. The highest BCUT2D eigenvalue weighted by molar-refractivity contribution is 7.97. The number of aromatic nitrogens is 1. The molecule has 4 rings (SSSR count). The van der Waals surface area contributed by atoms with Gasteiger partial charge in [-0.15, -0.1) is 0 Å². The van der Waals surface area contributed by atoms with Crippen molar-refractivity contribution in [2.75, 3.05) is 18.8 Å². The monoisotopic (exact) mass is 362 g/mol. The highest BCUT2D eigenvalue weighted by Gasteiger charge is 2.23. The first-order chi connectivity index (χ1) is 12.0. The van der Waals surface area contributed by atoms with Gasteiger partial charge in [0, 0.05) is 40.6 Å². The van der Waals surface area contributed by atoms with E-state index in [1.165, 1.54) is 24.3 Å². The van der Waals surface area contributed by atoms with Gasteiger partial charge in [0.05, 0.1) is 12.6 Å². The Balaban J connectivity index is 1.70. The summed E-state index contributed by atoms with van der Waals surface area (Å²) in [6, 6.07) is 9.05. The van der Waals surface area contributed by atoms with Crippen LogP contribution in [0.25, 0.3) is 21.8 Å². The van der Waals surface area contributed by atoms with Gasteiger partial charge in [0.2, 0.25) is 0 Å². The maximum atomic E-state index is 13.7. The Kier molecular flexibility index (Phi) is 4.43. The number of aliphatic hydroxyl groups is 1. The van der Waals surface area contributed by atoms with Gasteiger partial charge < -0.3 is 9.67 Å². The van der Waals surface area contributed by atoms with E-state index >= 15 is 0 Å². The zero-order valence-corrected chi connectivity index (χ0v) is 14.8. The minimum Gasteiger partial charge on any atom is -0.390 e. The highest BCUT2D eigenvalue weighted by Crippen LogP contribution is 2.31. The molecule has 132 valence electrons. The summed E-state index contributed by atoms with van der Waals surface area (Å²) in [6.45, 7) is 4.15. The number of β-amino-alcohol motifs (C(OH)–C–C–N with tert-alkyl or cyclic N) is 1. The van der Waals surface area contributed by atoms with Crippen molar-refractivity contribution in [1.29, 1.82) is 0 Å². The van der Waals surface area contributed by atoms with Crippen molar-refractivity contribution in [3.8, 4) is 0 Å². The third-order valence-electron chi connectivity index (χ3n) is 4.65. The van der Waals surface area contributed by atoms with Crippen molar-refractivity contribution in [2.45, 2.75) is 19.6 Å². The minimum atomic E-state index is -0.549. The molecule has 1 aromatic heterocycles. The molecule has 2 unspecified atom stereocenters. The summed E-state index contributed by atoms with van der Waals surface area (Å²) in [7, 11) is 0. The second-order valence-corrected chi connectivity index (χ2v) is 7.94. The smallest absolute Gasteiger partial charge is 0.123 e. The highest BCUT2D eigenvalue weighted by atomic mass is 32.2. The molecule has 3 aromatic rings. The summed E-state index contributed by atoms with van der Waals surface area (Å²) in [6.07, 6.45) is -0.549. The first kappa shape index (κ1) is 16.8. The zero-order valence-electron chi connectivity index (χ0n) is 14.0. The van der Waals surface area contributed by atoms with Crippen LogP contribution in [0, 0.1) is 17.6 Å². The minimum absolute atomic E-state index is 0.348. The van der Waals surface area contributed by atoms with Crippen LogP contribution in [0.5, 0.6) is 0 Å². The lowest BCUT2D eigenvalue weighted by Gasteiger charge is -2.20. The van der Waals surface area contributed by atoms with Crippen LogP contribution in [0.4, 0.5) is 8.78 Å². The molecular weight excluding hydrogens is 342 g/mol. The number of rotatable bonds is 4. The number of halogens is 2. The van der Waals surface area contributed by atoms with Crippen molar-refractivity contribution in [1.82, 2.24) is 8.87 Å². The molecule has 0 aliphatic carbocycles. The molecule has 2 heterocycles.